The quantitative estimate of drug-likeness (QED) is 0.844. The Balaban J connectivity index is 2.41. The molecule has 0 aliphatic heterocycles. The number of hydrogen-bond donors (Lipinski definition) is 1. The molecular formula is C15H17BrFN3O. The zero-order valence-electron chi connectivity index (χ0n) is 12.2. The van der Waals surface area contributed by atoms with Crippen molar-refractivity contribution < 1.29 is 9.13 Å². The van der Waals surface area contributed by atoms with Gasteiger partial charge in [-0.3, -0.25) is 0 Å². The minimum absolute atomic E-state index is 0.189. The largest absolute Gasteiger partial charge is 0.437 e. The highest BCUT2D eigenvalue weighted by Crippen LogP contribution is 2.35. The van der Waals surface area contributed by atoms with Crippen LogP contribution in [0.15, 0.2) is 29.0 Å². The highest BCUT2D eigenvalue weighted by Gasteiger charge is 2.17. The molecule has 2 aromatic rings. The molecule has 0 amide bonds. The van der Waals surface area contributed by atoms with Gasteiger partial charge in [-0.15, -0.1) is 0 Å². The lowest BCUT2D eigenvalue weighted by Gasteiger charge is -2.17. The monoisotopic (exact) mass is 353 g/mol. The maximum absolute atomic E-state index is 13.1. The van der Waals surface area contributed by atoms with Crippen molar-refractivity contribution in [3.05, 3.63) is 40.4 Å². The Bertz CT molecular complexity index is 634. The van der Waals surface area contributed by atoms with E-state index < -0.39 is 0 Å². The second-order valence-electron chi connectivity index (χ2n) is 4.80. The van der Waals surface area contributed by atoms with E-state index >= 15 is 0 Å². The van der Waals surface area contributed by atoms with Gasteiger partial charge in [0.1, 0.15) is 23.7 Å². The summed E-state index contributed by atoms with van der Waals surface area (Å²) in [6, 6.07) is 4.27. The van der Waals surface area contributed by atoms with E-state index in [0.717, 1.165) is 17.9 Å². The average molecular weight is 354 g/mol. The van der Waals surface area contributed by atoms with Crippen LogP contribution in [0, 0.1) is 5.82 Å². The summed E-state index contributed by atoms with van der Waals surface area (Å²) in [6.45, 7) is 6.86. The molecular weight excluding hydrogens is 337 g/mol. The normalized spacial score (nSPS) is 10.8. The van der Waals surface area contributed by atoms with Crippen molar-refractivity contribution in [2.75, 3.05) is 11.9 Å². The molecule has 0 spiro atoms. The van der Waals surface area contributed by atoms with E-state index in [9.17, 15) is 4.39 Å². The second kappa shape index (κ2) is 6.85. The van der Waals surface area contributed by atoms with Crippen LogP contribution >= 0.6 is 15.9 Å². The Morgan fingerprint density at radius 2 is 2.10 bits per heavy atom. The number of halogens is 2. The van der Waals surface area contributed by atoms with E-state index in [2.05, 4.69) is 31.2 Å². The van der Waals surface area contributed by atoms with E-state index in [-0.39, 0.29) is 11.7 Å². The predicted molar refractivity (Wildman–Crippen MR) is 84.5 cm³/mol. The number of nitrogens with zero attached hydrogens (tertiary/aromatic N) is 2. The van der Waals surface area contributed by atoms with Crippen molar-refractivity contribution in [3.8, 4) is 11.6 Å². The van der Waals surface area contributed by atoms with Gasteiger partial charge in [0.25, 0.3) is 0 Å². The van der Waals surface area contributed by atoms with Gasteiger partial charge in [-0.05, 0) is 47.0 Å². The maximum Gasteiger partial charge on any atom is 0.227 e. The van der Waals surface area contributed by atoms with Crippen LogP contribution in [0.3, 0.4) is 0 Å². The van der Waals surface area contributed by atoms with Crippen LogP contribution < -0.4 is 10.1 Å². The molecule has 0 fully saturated rings. The Morgan fingerprint density at radius 3 is 2.71 bits per heavy atom. The summed E-state index contributed by atoms with van der Waals surface area (Å²) in [5.41, 5.74) is 0.899. The maximum atomic E-state index is 13.1. The topological polar surface area (TPSA) is 47.0 Å². The smallest absolute Gasteiger partial charge is 0.227 e. The SMILES string of the molecule is CCNc1ncnc(Oc2ccc(F)cc2Br)c1C(C)C. The average Bonchev–Trinajstić information content (AvgIpc) is 2.42. The van der Waals surface area contributed by atoms with Crippen LogP contribution in [-0.2, 0) is 0 Å². The molecule has 0 saturated heterocycles. The third-order valence-electron chi connectivity index (χ3n) is 2.87. The van der Waals surface area contributed by atoms with Crippen LogP contribution in [0.5, 0.6) is 11.6 Å². The van der Waals surface area contributed by atoms with E-state index in [1.165, 1.54) is 18.5 Å². The molecule has 0 unspecified atom stereocenters. The molecule has 1 aromatic heterocycles. The summed E-state index contributed by atoms with van der Waals surface area (Å²) in [5.74, 6) is 1.61. The molecule has 112 valence electrons. The van der Waals surface area contributed by atoms with Gasteiger partial charge in [-0.25, -0.2) is 14.4 Å². The number of nitrogens with one attached hydrogen (secondary N) is 1. The fourth-order valence-electron chi connectivity index (χ4n) is 1.95. The molecule has 1 heterocycles. The molecule has 6 heteroatoms. The van der Waals surface area contributed by atoms with Crippen molar-refractivity contribution in [2.24, 2.45) is 0 Å². The molecule has 1 N–H and O–H groups in total. The van der Waals surface area contributed by atoms with Gasteiger partial charge in [-0.2, -0.15) is 0 Å². The van der Waals surface area contributed by atoms with E-state index in [1.807, 2.05) is 20.8 Å². The zero-order valence-corrected chi connectivity index (χ0v) is 13.7. The number of rotatable bonds is 5. The minimum atomic E-state index is -0.325. The molecule has 0 atom stereocenters. The number of ether oxygens (including phenoxy) is 1. The number of hydrogen-bond acceptors (Lipinski definition) is 4. The first kappa shape index (κ1) is 15.7. The van der Waals surface area contributed by atoms with Crippen LogP contribution in [-0.4, -0.2) is 16.5 Å². The highest BCUT2D eigenvalue weighted by molar-refractivity contribution is 9.10. The number of aromatic nitrogens is 2. The zero-order chi connectivity index (χ0) is 15.4. The third kappa shape index (κ3) is 3.69. The van der Waals surface area contributed by atoms with Gasteiger partial charge in [0.2, 0.25) is 5.88 Å². The molecule has 0 aliphatic rings. The Kier molecular flexibility index (Phi) is 5.12. The van der Waals surface area contributed by atoms with Crippen molar-refractivity contribution in [2.45, 2.75) is 26.7 Å². The summed E-state index contributed by atoms with van der Waals surface area (Å²) in [7, 11) is 0. The van der Waals surface area contributed by atoms with E-state index in [4.69, 9.17) is 4.74 Å². The fourth-order valence-corrected chi connectivity index (χ4v) is 2.38. The van der Waals surface area contributed by atoms with Gasteiger partial charge < -0.3 is 10.1 Å². The third-order valence-corrected chi connectivity index (χ3v) is 3.49. The molecule has 0 aliphatic carbocycles. The molecule has 0 bridgehead atoms. The van der Waals surface area contributed by atoms with Crippen molar-refractivity contribution in [1.29, 1.82) is 0 Å². The fraction of sp³-hybridized carbons (Fsp3) is 0.333. The number of benzene rings is 1. The van der Waals surface area contributed by atoms with Gasteiger partial charge in [0, 0.05) is 6.54 Å². The van der Waals surface area contributed by atoms with E-state index in [0.29, 0.717) is 16.1 Å². The van der Waals surface area contributed by atoms with Crippen LogP contribution in [0.2, 0.25) is 0 Å². The van der Waals surface area contributed by atoms with Gasteiger partial charge >= 0.3 is 0 Å². The van der Waals surface area contributed by atoms with Gasteiger partial charge in [0.15, 0.2) is 0 Å². The van der Waals surface area contributed by atoms with Crippen molar-refractivity contribution in [1.82, 2.24) is 9.97 Å². The first-order valence-corrected chi connectivity index (χ1v) is 7.53. The first-order chi connectivity index (χ1) is 10.0. The van der Waals surface area contributed by atoms with Gasteiger partial charge in [0.05, 0.1) is 10.0 Å². The van der Waals surface area contributed by atoms with Crippen molar-refractivity contribution >= 4 is 21.7 Å². The standard InChI is InChI=1S/C15H17BrFN3O/c1-4-18-14-13(9(2)3)15(20-8-19-14)21-12-6-5-10(17)7-11(12)16/h5-9H,4H2,1-3H3,(H,18,19,20). The van der Waals surface area contributed by atoms with Crippen LogP contribution in [0.1, 0.15) is 32.3 Å². The summed E-state index contributed by atoms with van der Waals surface area (Å²) >= 11 is 3.29. The molecule has 1 aromatic carbocycles. The summed E-state index contributed by atoms with van der Waals surface area (Å²) in [5, 5.41) is 3.20. The first-order valence-electron chi connectivity index (χ1n) is 6.74. The lowest BCUT2D eigenvalue weighted by atomic mass is 10.1. The molecule has 4 nitrogen and oxygen atoms in total. The Labute approximate surface area is 131 Å². The molecule has 21 heavy (non-hydrogen) atoms. The van der Waals surface area contributed by atoms with Crippen LogP contribution in [0.4, 0.5) is 10.2 Å². The van der Waals surface area contributed by atoms with Gasteiger partial charge in [-0.1, -0.05) is 13.8 Å². The second-order valence-corrected chi connectivity index (χ2v) is 5.66. The highest BCUT2D eigenvalue weighted by atomic mass is 79.9. The van der Waals surface area contributed by atoms with E-state index in [1.54, 1.807) is 6.07 Å². The van der Waals surface area contributed by atoms with Crippen LogP contribution in [0.25, 0.3) is 0 Å². The Hall–Kier alpha value is -1.69. The Morgan fingerprint density at radius 1 is 1.33 bits per heavy atom. The number of anilines is 1. The summed E-state index contributed by atoms with van der Waals surface area (Å²) < 4.78 is 19.5. The summed E-state index contributed by atoms with van der Waals surface area (Å²) in [4.78, 5) is 8.47. The molecule has 0 radical (unpaired) electrons. The van der Waals surface area contributed by atoms with Crippen molar-refractivity contribution in [3.63, 3.8) is 0 Å². The summed E-state index contributed by atoms with van der Waals surface area (Å²) in [6.07, 6.45) is 1.45. The lowest BCUT2D eigenvalue weighted by molar-refractivity contribution is 0.447. The lowest BCUT2D eigenvalue weighted by Crippen LogP contribution is -2.07. The minimum Gasteiger partial charge on any atom is -0.437 e. The molecule has 2 rings (SSSR count). The predicted octanol–water partition coefficient (Wildman–Crippen LogP) is 4.73. The molecule has 0 saturated carbocycles.